The standard InChI is InChI=1S/C12H23NO/c1-9(2)11-6-12(4-5-14-11)8-13-7-10(12)3/h9-11,13H,4-8H2,1-3H3. The van der Waals surface area contributed by atoms with E-state index in [-0.39, 0.29) is 0 Å². The topological polar surface area (TPSA) is 21.3 Å². The molecule has 0 aromatic rings. The van der Waals surface area contributed by atoms with Gasteiger partial charge in [0.1, 0.15) is 0 Å². The predicted molar refractivity (Wildman–Crippen MR) is 58.3 cm³/mol. The molecule has 2 nitrogen and oxygen atoms in total. The van der Waals surface area contributed by atoms with Crippen LogP contribution < -0.4 is 5.32 Å². The smallest absolute Gasteiger partial charge is 0.0603 e. The van der Waals surface area contributed by atoms with Crippen molar-refractivity contribution in [1.82, 2.24) is 5.32 Å². The maximum atomic E-state index is 5.85. The minimum atomic E-state index is 0.492. The molecule has 3 unspecified atom stereocenters. The van der Waals surface area contributed by atoms with Crippen molar-refractivity contribution in [2.75, 3.05) is 19.7 Å². The van der Waals surface area contributed by atoms with E-state index >= 15 is 0 Å². The van der Waals surface area contributed by atoms with Gasteiger partial charge in [0.05, 0.1) is 6.10 Å². The molecule has 0 amide bonds. The summed E-state index contributed by atoms with van der Waals surface area (Å²) in [6.45, 7) is 10.3. The third-order valence-corrected chi connectivity index (χ3v) is 4.26. The van der Waals surface area contributed by atoms with Crippen LogP contribution in [0.5, 0.6) is 0 Å². The zero-order valence-corrected chi connectivity index (χ0v) is 9.68. The molecule has 2 aliphatic heterocycles. The number of rotatable bonds is 1. The summed E-state index contributed by atoms with van der Waals surface area (Å²) in [6, 6.07) is 0. The largest absolute Gasteiger partial charge is 0.378 e. The van der Waals surface area contributed by atoms with Crippen LogP contribution in [0.25, 0.3) is 0 Å². The third kappa shape index (κ3) is 1.70. The molecular formula is C12H23NO. The number of ether oxygens (including phenoxy) is 1. The van der Waals surface area contributed by atoms with Gasteiger partial charge in [-0.1, -0.05) is 20.8 Å². The van der Waals surface area contributed by atoms with E-state index in [0.29, 0.717) is 17.4 Å². The van der Waals surface area contributed by atoms with Gasteiger partial charge in [-0.2, -0.15) is 0 Å². The van der Waals surface area contributed by atoms with Crippen molar-refractivity contribution < 1.29 is 4.74 Å². The first-order chi connectivity index (χ1) is 6.64. The second-order valence-electron chi connectivity index (χ2n) is 5.50. The Labute approximate surface area is 87.4 Å². The van der Waals surface area contributed by atoms with Gasteiger partial charge >= 0.3 is 0 Å². The van der Waals surface area contributed by atoms with Gasteiger partial charge in [0, 0.05) is 13.2 Å². The van der Waals surface area contributed by atoms with E-state index in [0.717, 1.165) is 12.5 Å². The molecule has 2 heteroatoms. The van der Waals surface area contributed by atoms with Crippen LogP contribution in [0.4, 0.5) is 0 Å². The Morgan fingerprint density at radius 3 is 2.79 bits per heavy atom. The van der Waals surface area contributed by atoms with Crippen LogP contribution in [0.3, 0.4) is 0 Å². The molecule has 0 aromatic carbocycles. The fraction of sp³-hybridized carbons (Fsp3) is 1.00. The highest BCUT2D eigenvalue weighted by Crippen LogP contribution is 2.43. The Morgan fingerprint density at radius 2 is 2.21 bits per heavy atom. The Kier molecular flexibility index (Phi) is 2.85. The lowest BCUT2D eigenvalue weighted by Crippen LogP contribution is -2.41. The van der Waals surface area contributed by atoms with Crippen molar-refractivity contribution in [1.29, 1.82) is 0 Å². The van der Waals surface area contributed by atoms with E-state index in [4.69, 9.17) is 4.74 Å². The van der Waals surface area contributed by atoms with Crippen LogP contribution in [0.2, 0.25) is 0 Å². The second-order valence-corrected chi connectivity index (χ2v) is 5.50. The van der Waals surface area contributed by atoms with Crippen LogP contribution in [0.15, 0.2) is 0 Å². The van der Waals surface area contributed by atoms with E-state index < -0.39 is 0 Å². The highest BCUT2D eigenvalue weighted by molar-refractivity contribution is 4.96. The van der Waals surface area contributed by atoms with E-state index in [9.17, 15) is 0 Å². The van der Waals surface area contributed by atoms with Crippen LogP contribution in [-0.2, 0) is 4.74 Å². The maximum Gasteiger partial charge on any atom is 0.0603 e. The Bertz CT molecular complexity index is 204. The minimum absolute atomic E-state index is 0.492. The quantitative estimate of drug-likeness (QED) is 0.694. The number of hydrogen-bond donors (Lipinski definition) is 1. The highest BCUT2D eigenvalue weighted by atomic mass is 16.5. The molecular weight excluding hydrogens is 174 g/mol. The predicted octanol–water partition coefficient (Wildman–Crippen LogP) is 2.05. The van der Waals surface area contributed by atoms with E-state index in [2.05, 4.69) is 26.1 Å². The van der Waals surface area contributed by atoms with Gasteiger partial charge in [-0.25, -0.2) is 0 Å². The molecule has 3 atom stereocenters. The summed E-state index contributed by atoms with van der Waals surface area (Å²) in [5.74, 6) is 1.49. The first-order valence-electron chi connectivity index (χ1n) is 5.96. The van der Waals surface area contributed by atoms with E-state index in [1.54, 1.807) is 0 Å². The summed E-state index contributed by atoms with van der Waals surface area (Å²) in [6.07, 6.45) is 3.01. The van der Waals surface area contributed by atoms with Crippen molar-refractivity contribution in [2.45, 2.75) is 39.7 Å². The molecule has 0 aliphatic carbocycles. The van der Waals surface area contributed by atoms with Gasteiger partial charge in [0.25, 0.3) is 0 Å². The van der Waals surface area contributed by atoms with Crippen molar-refractivity contribution in [3.63, 3.8) is 0 Å². The minimum Gasteiger partial charge on any atom is -0.378 e. The fourth-order valence-electron chi connectivity index (χ4n) is 2.94. The van der Waals surface area contributed by atoms with Crippen molar-refractivity contribution >= 4 is 0 Å². The summed E-state index contributed by atoms with van der Waals surface area (Å²) in [5.41, 5.74) is 0.549. The molecule has 2 heterocycles. The van der Waals surface area contributed by atoms with Crippen molar-refractivity contribution in [3.05, 3.63) is 0 Å². The van der Waals surface area contributed by atoms with Crippen LogP contribution in [0.1, 0.15) is 33.6 Å². The Hall–Kier alpha value is -0.0800. The first-order valence-corrected chi connectivity index (χ1v) is 5.96. The Morgan fingerprint density at radius 1 is 1.43 bits per heavy atom. The molecule has 0 bridgehead atoms. The summed E-state index contributed by atoms with van der Waals surface area (Å²) >= 11 is 0. The molecule has 2 fully saturated rings. The molecule has 1 N–H and O–H groups in total. The summed E-state index contributed by atoms with van der Waals surface area (Å²) in [5, 5.41) is 3.54. The first kappa shape index (κ1) is 10.4. The molecule has 2 rings (SSSR count). The van der Waals surface area contributed by atoms with E-state index in [1.807, 2.05) is 0 Å². The number of hydrogen-bond acceptors (Lipinski definition) is 2. The van der Waals surface area contributed by atoms with Gasteiger partial charge in [-0.05, 0) is 36.6 Å². The van der Waals surface area contributed by atoms with Crippen LogP contribution >= 0.6 is 0 Å². The van der Waals surface area contributed by atoms with Gasteiger partial charge in [0.15, 0.2) is 0 Å². The van der Waals surface area contributed by atoms with Crippen molar-refractivity contribution in [3.8, 4) is 0 Å². The Balaban J connectivity index is 2.05. The third-order valence-electron chi connectivity index (χ3n) is 4.26. The molecule has 82 valence electrons. The monoisotopic (exact) mass is 197 g/mol. The zero-order chi connectivity index (χ0) is 10.2. The van der Waals surface area contributed by atoms with Crippen LogP contribution in [0, 0.1) is 17.3 Å². The van der Waals surface area contributed by atoms with Gasteiger partial charge in [0.2, 0.25) is 0 Å². The van der Waals surface area contributed by atoms with E-state index in [1.165, 1.54) is 25.9 Å². The molecule has 14 heavy (non-hydrogen) atoms. The van der Waals surface area contributed by atoms with Gasteiger partial charge in [-0.15, -0.1) is 0 Å². The molecule has 0 aromatic heterocycles. The van der Waals surface area contributed by atoms with Crippen LogP contribution in [-0.4, -0.2) is 25.8 Å². The lowest BCUT2D eigenvalue weighted by molar-refractivity contribution is -0.0746. The lowest BCUT2D eigenvalue weighted by Gasteiger charge is -2.42. The highest BCUT2D eigenvalue weighted by Gasteiger charge is 2.44. The average Bonchev–Trinajstić information content (AvgIpc) is 2.48. The fourth-order valence-corrected chi connectivity index (χ4v) is 2.94. The van der Waals surface area contributed by atoms with Crippen molar-refractivity contribution in [2.24, 2.45) is 17.3 Å². The summed E-state index contributed by atoms with van der Waals surface area (Å²) < 4.78 is 5.85. The zero-order valence-electron chi connectivity index (χ0n) is 9.68. The molecule has 2 saturated heterocycles. The average molecular weight is 197 g/mol. The van der Waals surface area contributed by atoms with Gasteiger partial charge < -0.3 is 10.1 Å². The molecule has 2 aliphatic rings. The summed E-state index contributed by atoms with van der Waals surface area (Å²) in [4.78, 5) is 0. The molecule has 0 saturated carbocycles. The normalized spacial score (nSPS) is 43.7. The summed E-state index contributed by atoms with van der Waals surface area (Å²) in [7, 11) is 0. The second kappa shape index (κ2) is 3.82. The maximum absolute atomic E-state index is 5.85. The molecule has 0 radical (unpaired) electrons. The lowest BCUT2D eigenvalue weighted by atomic mass is 9.70. The SMILES string of the molecule is CC(C)C1CC2(CCO1)CNCC2C. The van der Waals surface area contributed by atoms with Gasteiger partial charge in [-0.3, -0.25) is 0 Å². The number of nitrogens with one attached hydrogen (secondary N) is 1. The molecule has 1 spiro atoms.